The topological polar surface area (TPSA) is 17.8 Å². The van der Waals surface area contributed by atoms with Crippen LogP contribution in [-0.4, -0.2) is 9.78 Å². The molecular formula is C8H8N2S. The Bertz CT molecular complexity index is 392. The summed E-state index contributed by atoms with van der Waals surface area (Å²) in [6, 6.07) is 5.95. The second kappa shape index (κ2) is 2.27. The van der Waals surface area contributed by atoms with Crippen LogP contribution in [0.4, 0.5) is 0 Å². The quantitative estimate of drug-likeness (QED) is 0.588. The summed E-state index contributed by atoms with van der Waals surface area (Å²) in [4.78, 5) is 0.933. The molecule has 0 spiro atoms. The molecule has 1 aromatic heterocycles. The van der Waals surface area contributed by atoms with Crippen molar-refractivity contribution in [2.24, 2.45) is 7.05 Å². The molecule has 1 aromatic carbocycles. The van der Waals surface area contributed by atoms with Crippen molar-refractivity contribution in [1.29, 1.82) is 0 Å². The van der Waals surface area contributed by atoms with Gasteiger partial charge in [-0.05, 0) is 6.07 Å². The second-order valence-electron chi connectivity index (χ2n) is 2.52. The Kier molecular flexibility index (Phi) is 1.39. The van der Waals surface area contributed by atoms with Crippen molar-refractivity contribution >= 4 is 23.5 Å². The van der Waals surface area contributed by atoms with Crippen LogP contribution in [-0.2, 0) is 7.05 Å². The van der Waals surface area contributed by atoms with Crippen molar-refractivity contribution in [3.63, 3.8) is 0 Å². The molecule has 0 aliphatic rings. The summed E-state index contributed by atoms with van der Waals surface area (Å²) in [5.41, 5.74) is 0.971. The summed E-state index contributed by atoms with van der Waals surface area (Å²) in [6.45, 7) is 0. The molecule has 2 rings (SSSR count). The third kappa shape index (κ3) is 1.01. The van der Waals surface area contributed by atoms with Gasteiger partial charge in [-0.25, -0.2) is 0 Å². The summed E-state index contributed by atoms with van der Waals surface area (Å²) in [7, 11) is 1.91. The van der Waals surface area contributed by atoms with Crippen LogP contribution in [0.15, 0.2) is 29.3 Å². The van der Waals surface area contributed by atoms with Crippen LogP contribution in [0.2, 0.25) is 0 Å². The first-order chi connectivity index (χ1) is 5.27. The van der Waals surface area contributed by atoms with Gasteiger partial charge in [-0.15, -0.1) is 12.6 Å². The van der Waals surface area contributed by atoms with E-state index in [0.717, 1.165) is 15.8 Å². The van der Waals surface area contributed by atoms with E-state index < -0.39 is 0 Å². The first-order valence-electron chi connectivity index (χ1n) is 3.39. The van der Waals surface area contributed by atoms with Gasteiger partial charge in [0.2, 0.25) is 0 Å². The first kappa shape index (κ1) is 6.73. The van der Waals surface area contributed by atoms with Crippen LogP contribution in [0.25, 0.3) is 10.9 Å². The van der Waals surface area contributed by atoms with E-state index in [1.807, 2.05) is 31.4 Å². The van der Waals surface area contributed by atoms with E-state index in [1.165, 1.54) is 0 Å². The molecule has 0 N–H and O–H groups in total. The minimum Gasteiger partial charge on any atom is -0.275 e. The molecule has 56 valence electrons. The highest BCUT2D eigenvalue weighted by Crippen LogP contribution is 2.18. The van der Waals surface area contributed by atoms with Crippen LogP contribution >= 0.6 is 12.6 Å². The van der Waals surface area contributed by atoms with Crippen molar-refractivity contribution < 1.29 is 0 Å². The van der Waals surface area contributed by atoms with E-state index in [9.17, 15) is 0 Å². The lowest BCUT2D eigenvalue weighted by atomic mass is 10.3. The van der Waals surface area contributed by atoms with Gasteiger partial charge in [0, 0.05) is 23.5 Å². The summed E-state index contributed by atoms with van der Waals surface area (Å²) in [6.07, 6.45) is 1.98. The zero-order valence-electron chi connectivity index (χ0n) is 6.15. The largest absolute Gasteiger partial charge is 0.275 e. The monoisotopic (exact) mass is 164 g/mol. The summed E-state index contributed by atoms with van der Waals surface area (Å²) < 4.78 is 1.80. The van der Waals surface area contributed by atoms with Gasteiger partial charge in [0.05, 0.1) is 0 Å². The zero-order valence-corrected chi connectivity index (χ0v) is 7.05. The van der Waals surface area contributed by atoms with Gasteiger partial charge in [-0.3, -0.25) is 4.68 Å². The number of fused-ring (bicyclic) bond motifs is 1. The third-order valence-electron chi connectivity index (χ3n) is 1.63. The average molecular weight is 164 g/mol. The Balaban J connectivity index is 2.90. The Morgan fingerprint density at radius 1 is 1.45 bits per heavy atom. The Hall–Kier alpha value is -0.960. The van der Waals surface area contributed by atoms with E-state index in [0.29, 0.717) is 0 Å². The first-order valence-corrected chi connectivity index (χ1v) is 3.83. The normalized spacial score (nSPS) is 10.7. The van der Waals surface area contributed by atoms with Gasteiger partial charge in [-0.1, -0.05) is 12.1 Å². The lowest BCUT2D eigenvalue weighted by Crippen LogP contribution is -1.85. The molecule has 0 bridgehead atoms. The lowest BCUT2D eigenvalue weighted by Gasteiger charge is -1.89. The van der Waals surface area contributed by atoms with E-state index in [1.54, 1.807) is 4.68 Å². The van der Waals surface area contributed by atoms with Crippen LogP contribution in [0.5, 0.6) is 0 Å². The Morgan fingerprint density at radius 3 is 3.00 bits per heavy atom. The lowest BCUT2D eigenvalue weighted by molar-refractivity contribution is 0.777. The summed E-state index contributed by atoms with van der Waals surface area (Å²) in [5.74, 6) is 0. The van der Waals surface area contributed by atoms with Gasteiger partial charge < -0.3 is 0 Å². The number of hydrogen-bond acceptors (Lipinski definition) is 2. The molecule has 3 heteroatoms. The van der Waals surface area contributed by atoms with Crippen LogP contribution < -0.4 is 0 Å². The molecule has 0 aliphatic carbocycles. The highest BCUT2D eigenvalue weighted by Gasteiger charge is 1.99. The molecule has 0 radical (unpaired) electrons. The molecule has 1 heterocycles. The maximum atomic E-state index is 4.29. The molecule has 0 saturated heterocycles. The van der Waals surface area contributed by atoms with Gasteiger partial charge in [0.25, 0.3) is 0 Å². The average Bonchev–Trinajstić information content (AvgIpc) is 2.31. The van der Waals surface area contributed by atoms with Crippen molar-refractivity contribution in [1.82, 2.24) is 9.78 Å². The maximum Gasteiger partial charge on any atom is 0.106 e. The van der Waals surface area contributed by atoms with E-state index in [2.05, 4.69) is 17.7 Å². The fraction of sp³-hybridized carbons (Fsp3) is 0.125. The van der Waals surface area contributed by atoms with Crippen molar-refractivity contribution in [2.75, 3.05) is 0 Å². The van der Waals surface area contributed by atoms with Crippen molar-refractivity contribution in [3.8, 4) is 0 Å². The van der Waals surface area contributed by atoms with E-state index in [4.69, 9.17) is 0 Å². The maximum absolute atomic E-state index is 4.29. The molecule has 2 nitrogen and oxygen atoms in total. The number of nitrogens with zero attached hydrogens (tertiary/aromatic N) is 2. The van der Waals surface area contributed by atoms with Crippen molar-refractivity contribution in [2.45, 2.75) is 4.90 Å². The number of rotatable bonds is 0. The number of benzene rings is 1. The molecule has 11 heavy (non-hydrogen) atoms. The highest BCUT2D eigenvalue weighted by atomic mass is 32.1. The molecule has 0 amide bonds. The molecule has 2 aromatic rings. The van der Waals surface area contributed by atoms with Crippen LogP contribution in [0, 0.1) is 0 Å². The number of thiol groups is 1. The standard InChI is InChI=1S/C8H8N2S/c1-10-5-6-3-2-4-7(11)8(6)9-10/h2-5,11H,1H3. The zero-order chi connectivity index (χ0) is 7.84. The van der Waals surface area contributed by atoms with Gasteiger partial charge in [-0.2, -0.15) is 5.10 Å². The SMILES string of the molecule is Cn1cc2cccc(S)c2n1. The predicted molar refractivity (Wildman–Crippen MR) is 48.0 cm³/mol. The third-order valence-corrected chi connectivity index (χ3v) is 1.99. The summed E-state index contributed by atoms with van der Waals surface area (Å²) >= 11 is 4.29. The Labute approximate surface area is 70.2 Å². The molecule has 0 unspecified atom stereocenters. The summed E-state index contributed by atoms with van der Waals surface area (Å²) in [5, 5.41) is 5.39. The molecule has 0 atom stereocenters. The molecule has 0 aliphatic heterocycles. The fourth-order valence-corrected chi connectivity index (χ4v) is 1.41. The van der Waals surface area contributed by atoms with Crippen LogP contribution in [0.3, 0.4) is 0 Å². The number of aryl methyl sites for hydroxylation is 1. The minimum atomic E-state index is 0.933. The predicted octanol–water partition coefficient (Wildman–Crippen LogP) is 1.86. The number of hydrogen-bond donors (Lipinski definition) is 1. The van der Waals surface area contributed by atoms with E-state index >= 15 is 0 Å². The second-order valence-corrected chi connectivity index (χ2v) is 3.00. The minimum absolute atomic E-state index is 0.933. The number of aromatic nitrogens is 2. The highest BCUT2D eigenvalue weighted by molar-refractivity contribution is 7.80. The smallest absolute Gasteiger partial charge is 0.106 e. The molecule has 0 saturated carbocycles. The van der Waals surface area contributed by atoms with E-state index in [-0.39, 0.29) is 0 Å². The molecule has 0 fully saturated rings. The Morgan fingerprint density at radius 2 is 2.27 bits per heavy atom. The van der Waals surface area contributed by atoms with Gasteiger partial charge in [0.1, 0.15) is 5.52 Å². The van der Waals surface area contributed by atoms with Crippen molar-refractivity contribution in [3.05, 3.63) is 24.4 Å². The van der Waals surface area contributed by atoms with Crippen LogP contribution in [0.1, 0.15) is 0 Å². The molecular weight excluding hydrogens is 156 g/mol. The van der Waals surface area contributed by atoms with Gasteiger partial charge in [0.15, 0.2) is 0 Å². The van der Waals surface area contributed by atoms with Gasteiger partial charge >= 0.3 is 0 Å². The fourth-order valence-electron chi connectivity index (χ4n) is 1.15.